The summed E-state index contributed by atoms with van der Waals surface area (Å²) in [4.78, 5) is 0. The molecule has 0 aromatic carbocycles. The van der Waals surface area contributed by atoms with Gasteiger partial charge in [0.15, 0.2) is 0 Å². The average Bonchev–Trinajstić information content (AvgIpc) is 2.36. The van der Waals surface area contributed by atoms with Crippen molar-refractivity contribution in [3.05, 3.63) is 34.7 Å². The number of thioether (sulfide) groups is 1. The second-order valence-electron chi connectivity index (χ2n) is 2.54. The van der Waals surface area contributed by atoms with Gasteiger partial charge < -0.3 is 4.42 Å². The molecule has 0 bridgehead atoms. The van der Waals surface area contributed by atoms with E-state index in [1.165, 1.54) is 5.56 Å². The third kappa shape index (κ3) is 3.07. The summed E-state index contributed by atoms with van der Waals surface area (Å²) in [5, 5.41) is 0. The minimum atomic E-state index is 0.920. The molecule has 0 aliphatic heterocycles. The van der Waals surface area contributed by atoms with Gasteiger partial charge in [-0.25, -0.2) is 0 Å². The number of furan rings is 1. The summed E-state index contributed by atoms with van der Waals surface area (Å²) in [6.07, 6.45) is 1.73. The molecule has 0 amide bonds. The Balaban J connectivity index is 2.33. The molecule has 0 fully saturated rings. The summed E-state index contributed by atoms with van der Waals surface area (Å²) >= 11 is 5.10. The quantitative estimate of drug-likeness (QED) is 0.804. The van der Waals surface area contributed by atoms with Crippen molar-refractivity contribution < 1.29 is 4.42 Å². The summed E-state index contributed by atoms with van der Waals surface area (Å²) in [6, 6.07) is 1.98. The Morgan fingerprint density at radius 1 is 1.75 bits per heavy atom. The van der Waals surface area contributed by atoms with E-state index in [-0.39, 0.29) is 0 Å². The predicted octanol–water partition coefficient (Wildman–Crippen LogP) is 3.73. The van der Waals surface area contributed by atoms with Crippen LogP contribution in [0.3, 0.4) is 0 Å². The summed E-state index contributed by atoms with van der Waals surface area (Å²) in [7, 11) is 0. The van der Waals surface area contributed by atoms with Gasteiger partial charge in [-0.1, -0.05) is 22.5 Å². The number of hydrogen-bond acceptors (Lipinski definition) is 2. The van der Waals surface area contributed by atoms with E-state index in [1.54, 1.807) is 18.0 Å². The van der Waals surface area contributed by atoms with Crippen molar-refractivity contribution in [2.75, 3.05) is 5.75 Å². The van der Waals surface area contributed by atoms with Crippen molar-refractivity contribution in [2.45, 2.75) is 12.7 Å². The fourth-order valence-corrected chi connectivity index (χ4v) is 2.10. The van der Waals surface area contributed by atoms with E-state index in [4.69, 9.17) is 4.42 Å². The lowest BCUT2D eigenvalue weighted by atomic mass is 10.3. The highest BCUT2D eigenvalue weighted by atomic mass is 79.9. The summed E-state index contributed by atoms with van der Waals surface area (Å²) in [5.41, 5.74) is 1.22. The SMILES string of the molecule is C=C(Br)CSCc1occc1C. The van der Waals surface area contributed by atoms with Crippen molar-refractivity contribution in [1.82, 2.24) is 0 Å². The minimum absolute atomic E-state index is 0.920. The zero-order chi connectivity index (χ0) is 8.97. The number of halogens is 1. The first-order valence-corrected chi connectivity index (χ1v) is 5.59. The number of hydrogen-bond donors (Lipinski definition) is 0. The van der Waals surface area contributed by atoms with E-state index < -0.39 is 0 Å². The van der Waals surface area contributed by atoms with E-state index in [0.717, 1.165) is 21.7 Å². The van der Waals surface area contributed by atoms with Gasteiger partial charge in [0.1, 0.15) is 5.76 Å². The lowest BCUT2D eigenvalue weighted by Gasteiger charge is -1.97. The molecule has 0 aliphatic carbocycles. The van der Waals surface area contributed by atoms with Crippen LogP contribution < -0.4 is 0 Å². The first-order chi connectivity index (χ1) is 5.70. The molecule has 0 saturated carbocycles. The highest BCUT2D eigenvalue weighted by molar-refractivity contribution is 9.11. The average molecular weight is 247 g/mol. The van der Waals surface area contributed by atoms with Gasteiger partial charge in [0.25, 0.3) is 0 Å². The third-order valence-corrected chi connectivity index (χ3v) is 3.13. The molecule has 0 aliphatic rings. The summed E-state index contributed by atoms with van der Waals surface area (Å²) < 4.78 is 6.31. The Labute approximate surface area is 85.4 Å². The van der Waals surface area contributed by atoms with Crippen molar-refractivity contribution in [2.24, 2.45) is 0 Å². The van der Waals surface area contributed by atoms with E-state index in [1.807, 2.05) is 6.07 Å². The molecule has 1 aromatic heterocycles. The molecule has 0 spiro atoms. The van der Waals surface area contributed by atoms with E-state index in [9.17, 15) is 0 Å². The first-order valence-electron chi connectivity index (χ1n) is 3.64. The Morgan fingerprint density at radius 3 is 3.00 bits per heavy atom. The second-order valence-corrected chi connectivity index (χ2v) is 4.64. The van der Waals surface area contributed by atoms with Crippen LogP contribution in [-0.2, 0) is 5.75 Å². The molecule has 1 nitrogen and oxygen atoms in total. The maximum atomic E-state index is 5.28. The molecular formula is C9H11BrOS. The van der Waals surface area contributed by atoms with Gasteiger partial charge in [-0.2, -0.15) is 0 Å². The largest absolute Gasteiger partial charge is 0.468 e. The van der Waals surface area contributed by atoms with Gasteiger partial charge in [-0.3, -0.25) is 0 Å². The fourth-order valence-electron chi connectivity index (χ4n) is 0.806. The van der Waals surface area contributed by atoms with Crippen LogP contribution in [0.4, 0.5) is 0 Å². The van der Waals surface area contributed by atoms with E-state index >= 15 is 0 Å². The van der Waals surface area contributed by atoms with Crippen LogP contribution in [0.2, 0.25) is 0 Å². The highest BCUT2D eigenvalue weighted by Crippen LogP contribution is 2.19. The molecule has 12 heavy (non-hydrogen) atoms. The van der Waals surface area contributed by atoms with Crippen LogP contribution in [0, 0.1) is 6.92 Å². The monoisotopic (exact) mass is 246 g/mol. The molecule has 0 N–H and O–H groups in total. The standard InChI is InChI=1S/C9H11BrOS/c1-7-3-4-11-9(7)6-12-5-8(2)10/h3-4H,2,5-6H2,1H3. The fraction of sp³-hybridized carbons (Fsp3) is 0.333. The maximum absolute atomic E-state index is 5.28. The van der Waals surface area contributed by atoms with Crippen LogP contribution >= 0.6 is 27.7 Å². The first kappa shape index (κ1) is 9.93. The number of rotatable bonds is 4. The third-order valence-electron chi connectivity index (χ3n) is 1.46. The Morgan fingerprint density at radius 2 is 2.50 bits per heavy atom. The van der Waals surface area contributed by atoms with Gasteiger partial charge in [-0.05, 0) is 23.0 Å². The normalized spacial score (nSPS) is 10.2. The van der Waals surface area contributed by atoms with Crippen molar-refractivity contribution in [3.8, 4) is 0 Å². The minimum Gasteiger partial charge on any atom is -0.468 e. The van der Waals surface area contributed by atoms with Crippen molar-refractivity contribution in [3.63, 3.8) is 0 Å². The molecule has 1 aromatic rings. The van der Waals surface area contributed by atoms with Gasteiger partial charge in [0, 0.05) is 5.75 Å². The summed E-state index contributed by atoms with van der Waals surface area (Å²) in [5.74, 6) is 2.91. The Kier molecular flexibility index (Phi) is 3.95. The molecule has 0 unspecified atom stereocenters. The van der Waals surface area contributed by atoms with Gasteiger partial charge >= 0.3 is 0 Å². The Hall–Kier alpha value is -0.150. The van der Waals surface area contributed by atoms with Crippen molar-refractivity contribution in [1.29, 1.82) is 0 Å². The van der Waals surface area contributed by atoms with Gasteiger partial charge in [0.2, 0.25) is 0 Å². The molecule has 0 radical (unpaired) electrons. The topological polar surface area (TPSA) is 13.1 Å². The second kappa shape index (κ2) is 4.77. The molecular weight excluding hydrogens is 236 g/mol. The smallest absolute Gasteiger partial charge is 0.116 e. The summed E-state index contributed by atoms with van der Waals surface area (Å²) in [6.45, 7) is 5.82. The zero-order valence-electron chi connectivity index (χ0n) is 6.97. The van der Waals surface area contributed by atoms with Crippen LogP contribution in [0.1, 0.15) is 11.3 Å². The highest BCUT2D eigenvalue weighted by Gasteiger charge is 2.01. The van der Waals surface area contributed by atoms with Crippen LogP contribution in [-0.4, -0.2) is 5.75 Å². The van der Waals surface area contributed by atoms with Crippen LogP contribution in [0.5, 0.6) is 0 Å². The lowest BCUT2D eigenvalue weighted by Crippen LogP contribution is -1.82. The molecule has 3 heteroatoms. The maximum Gasteiger partial charge on any atom is 0.116 e. The molecule has 1 rings (SSSR count). The Bertz CT molecular complexity index is 267. The molecule has 1 heterocycles. The van der Waals surface area contributed by atoms with Crippen LogP contribution in [0.25, 0.3) is 0 Å². The van der Waals surface area contributed by atoms with Gasteiger partial charge in [-0.15, -0.1) is 11.8 Å². The van der Waals surface area contributed by atoms with E-state index in [0.29, 0.717) is 0 Å². The van der Waals surface area contributed by atoms with E-state index in [2.05, 4.69) is 29.4 Å². The molecule has 0 saturated heterocycles. The number of aryl methyl sites for hydroxylation is 1. The zero-order valence-corrected chi connectivity index (χ0v) is 9.37. The molecule has 0 atom stereocenters. The molecule has 66 valence electrons. The van der Waals surface area contributed by atoms with Gasteiger partial charge in [0.05, 0.1) is 12.0 Å². The van der Waals surface area contributed by atoms with Crippen LogP contribution in [0.15, 0.2) is 27.8 Å². The predicted molar refractivity (Wildman–Crippen MR) is 57.7 cm³/mol. The van der Waals surface area contributed by atoms with Crippen molar-refractivity contribution >= 4 is 27.7 Å². The lowest BCUT2D eigenvalue weighted by molar-refractivity contribution is 0.528.